The number of carbonyl (C=O) groups is 3. The second-order valence-corrected chi connectivity index (χ2v) is 11.7. The van der Waals surface area contributed by atoms with Crippen LogP contribution >= 0.6 is 0 Å². The molecule has 0 bridgehead atoms. The van der Waals surface area contributed by atoms with Crippen LogP contribution in [0.3, 0.4) is 0 Å². The van der Waals surface area contributed by atoms with Crippen molar-refractivity contribution in [1.82, 2.24) is 29.6 Å². The van der Waals surface area contributed by atoms with Gasteiger partial charge in [0.05, 0.1) is 18.8 Å². The molecule has 0 radical (unpaired) electrons. The fourth-order valence-corrected chi connectivity index (χ4v) is 5.72. The van der Waals surface area contributed by atoms with Crippen molar-refractivity contribution in [2.24, 2.45) is 5.84 Å². The zero-order valence-electron chi connectivity index (χ0n) is 26.1. The number of pyridine rings is 1. The number of hydrazine groups is 1. The van der Waals surface area contributed by atoms with Crippen molar-refractivity contribution in [2.45, 2.75) is 44.9 Å². The topological polar surface area (TPSA) is 130 Å². The van der Waals surface area contributed by atoms with Gasteiger partial charge in [-0.25, -0.2) is 9.99 Å². The summed E-state index contributed by atoms with van der Waals surface area (Å²) in [5, 5.41) is 11.0. The van der Waals surface area contributed by atoms with E-state index in [2.05, 4.69) is 35.3 Å². The Labute approximate surface area is 260 Å². The third-order valence-corrected chi connectivity index (χ3v) is 8.62. The number of piperazine rings is 1. The molecule has 1 aromatic heterocycles. The summed E-state index contributed by atoms with van der Waals surface area (Å²) in [5.74, 6) is 5.86. The van der Waals surface area contributed by atoms with Crippen molar-refractivity contribution in [3.8, 4) is 5.75 Å². The van der Waals surface area contributed by atoms with Gasteiger partial charge >= 0.3 is 0 Å². The predicted octanol–water partition coefficient (Wildman–Crippen LogP) is 0.918. The van der Waals surface area contributed by atoms with Crippen LogP contribution in [0.5, 0.6) is 5.75 Å². The largest absolute Gasteiger partial charge is 0.508 e. The van der Waals surface area contributed by atoms with Gasteiger partial charge in [-0.3, -0.25) is 30.0 Å². The Morgan fingerprint density at radius 1 is 1.16 bits per heavy atom. The number of phenols is 1. The number of amides is 3. The SMILES string of the molecule is C=CCN(N)CC(=O)N(C=O)[C@@H](Cc1ccc(O)cc1)C(=O)N(CC)Cc1cccc(N2CC(N3CCN(C)[C@@H](C)C3)C2)n1. The summed E-state index contributed by atoms with van der Waals surface area (Å²) < 4.78 is 0. The first-order valence-corrected chi connectivity index (χ1v) is 15.2. The van der Waals surface area contributed by atoms with E-state index in [1.54, 1.807) is 23.1 Å². The highest BCUT2D eigenvalue weighted by Gasteiger charge is 2.36. The maximum atomic E-state index is 14.0. The number of aromatic nitrogens is 1. The average molecular weight is 607 g/mol. The van der Waals surface area contributed by atoms with Crippen LogP contribution in [-0.2, 0) is 27.3 Å². The standard InChI is InChI=1S/C32H46N8O4/c1-5-14-39(33)22-31(43)40(23-41)29(17-25-10-12-28(42)13-11-25)32(44)36(6-2)19-26-8-7-9-30(34-26)38-20-27(21-38)37-16-15-35(4)24(3)18-37/h5,7-13,23-24,27,29,42H,1,6,14-22,33H2,2-4H3/t24-,29-/m0/s1. The first-order valence-electron chi connectivity index (χ1n) is 15.2. The Bertz CT molecular complexity index is 1290. The van der Waals surface area contributed by atoms with E-state index in [1.807, 2.05) is 25.1 Å². The number of aromatic hydroxyl groups is 1. The van der Waals surface area contributed by atoms with Gasteiger partial charge < -0.3 is 19.8 Å². The fraction of sp³-hybridized carbons (Fsp3) is 0.500. The van der Waals surface area contributed by atoms with Crippen molar-refractivity contribution >= 4 is 24.0 Å². The minimum Gasteiger partial charge on any atom is -0.508 e. The summed E-state index contributed by atoms with van der Waals surface area (Å²) >= 11 is 0. The van der Waals surface area contributed by atoms with Crippen LogP contribution in [0.15, 0.2) is 55.1 Å². The summed E-state index contributed by atoms with van der Waals surface area (Å²) in [5.41, 5.74) is 1.41. The van der Waals surface area contributed by atoms with Crippen molar-refractivity contribution in [2.75, 3.05) is 64.3 Å². The molecular weight excluding hydrogens is 560 g/mol. The Morgan fingerprint density at radius 3 is 2.52 bits per heavy atom. The third-order valence-electron chi connectivity index (χ3n) is 8.62. The van der Waals surface area contributed by atoms with Gasteiger partial charge in [-0.15, -0.1) is 6.58 Å². The first kappa shape index (κ1) is 33.1. The van der Waals surface area contributed by atoms with Crippen LogP contribution in [-0.4, -0.2) is 130 Å². The molecule has 1 aromatic carbocycles. The Morgan fingerprint density at radius 2 is 1.89 bits per heavy atom. The minimum atomic E-state index is -1.10. The second-order valence-electron chi connectivity index (χ2n) is 11.7. The number of likely N-dealkylation sites (N-methyl/N-ethyl adjacent to an activating group) is 2. The van der Waals surface area contributed by atoms with Gasteiger partial charge in [0.2, 0.25) is 18.2 Å². The molecule has 2 fully saturated rings. The van der Waals surface area contributed by atoms with E-state index in [1.165, 1.54) is 17.1 Å². The summed E-state index contributed by atoms with van der Waals surface area (Å²) in [6.07, 6.45) is 2.02. The molecule has 12 nitrogen and oxygen atoms in total. The maximum Gasteiger partial charge on any atom is 0.246 e. The number of benzene rings is 1. The number of carbonyl (C=O) groups excluding carboxylic acids is 3. The van der Waals surface area contributed by atoms with Gasteiger partial charge in [-0.05, 0) is 50.7 Å². The smallest absolute Gasteiger partial charge is 0.246 e. The monoisotopic (exact) mass is 606 g/mol. The molecule has 12 heteroatoms. The zero-order valence-corrected chi connectivity index (χ0v) is 26.1. The molecule has 0 saturated carbocycles. The summed E-state index contributed by atoms with van der Waals surface area (Å²) in [6.45, 7) is 13.3. The lowest BCUT2D eigenvalue weighted by molar-refractivity contribution is -0.151. The van der Waals surface area contributed by atoms with Crippen molar-refractivity contribution in [1.29, 1.82) is 0 Å². The van der Waals surface area contributed by atoms with Crippen LogP contribution < -0.4 is 10.7 Å². The van der Waals surface area contributed by atoms with Gasteiger partial charge in [0.1, 0.15) is 17.6 Å². The Kier molecular flexibility index (Phi) is 11.5. The predicted molar refractivity (Wildman–Crippen MR) is 169 cm³/mol. The van der Waals surface area contributed by atoms with E-state index in [4.69, 9.17) is 10.8 Å². The lowest BCUT2D eigenvalue weighted by Gasteiger charge is -2.49. The van der Waals surface area contributed by atoms with Gasteiger partial charge in [0.15, 0.2) is 0 Å². The average Bonchev–Trinajstić information content (AvgIpc) is 2.98. The van der Waals surface area contributed by atoms with E-state index in [9.17, 15) is 19.5 Å². The fourth-order valence-electron chi connectivity index (χ4n) is 5.72. The Hall–Kier alpha value is -3.84. The number of hydrogen-bond donors (Lipinski definition) is 2. The molecule has 3 amide bonds. The lowest BCUT2D eigenvalue weighted by atomic mass is 10.0. The molecule has 3 heterocycles. The van der Waals surface area contributed by atoms with Crippen LogP contribution in [0.25, 0.3) is 0 Å². The van der Waals surface area contributed by atoms with Crippen LogP contribution in [0.1, 0.15) is 25.1 Å². The quantitative estimate of drug-likeness (QED) is 0.139. The van der Waals surface area contributed by atoms with E-state index >= 15 is 0 Å². The molecule has 0 unspecified atom stereocenters. The highest BCUT2D eigenvalue weighted by Crippen LogP contribution is 2.25. The summed E-state index contributed by atoms with van der Waals surface area (Å²) in [6, 6.07) is 12.1. The summed E-state index contributed by atoms with van der Waals surface area (Å²) in [4.78, 5) is 54.1. The zero-order chi connectivity index (χ0) is 31.8. The van der Waals surface area contributed by atoms with Crippen LogP contribution in [0, 0.1) is 0 Å². The van der Waals surface area contributed by atoms with Crippen molar-refractivity contribution in [3.05, 3.63) is 66.4 Å². The van der Waals surface area contributed by atoms with Gasteiger partial charge in [-0.1, -0.05) is 24.3 Å². The number of nitrogens with zero attached hydrogens (tertiary/aromatic N) is 7. The summed E-state index contributed by atoms with van der Waals surface area (Å²) in [7, 11) is 2.18. The number of hydrogen-bond acceptors (Lipinski definition) is 10. The van der Waals surface area contributed by atoms with E-state index < -0.39 is 11.9 Å². The molecule has 238 valence electrons. The second kappa shape index (κ2) is 15.2. The number of anilines is 1. The molecule has 2 atom stereocenters. The number of rotatable bonds is 14. The molecule has 4 rings (SSSR count). The van der Waals surface area contributed by atoms with Crippen molar-refractivity contribution in [3.63, 3.8) is 0 Å². The molecule has 44 heavy (non-hydrogen) atoms. The first-order chi connectivity index (χ1) is 21.1. The molecule has 2 aliphatic rings. The van der Waals surface area contributed by atoms with Crippen molar-refractivity contribution < 1.29 is 19.5 Å². The molecule has 2 aliphatic heterocycles. The molecule has 2 saturated heterocycles. The van der Waals surface area contributed by atoms with Gasteiger partial charge in [-0.2, -0.15) is 0 Å². The maximum absolute atomic E-state index is 14.0. The third kappa shape index (κ3) is 8.20. The lowest BCUT2D eigenvalue weighted by Crippen LogP contribution is -2.64. The highest BCUT2D eigenvalue weighted by atomic mass is 16.3. The van der Waals surface area contributed by atoms with Gasteiger partial charge in [0, 0.05) is 64.3 Å². The van der Waals surface area contributed by atoms with E-state index in [0.717, 1.165) is 49.1 Å². The molecular formula is C32H46N8O4. The number of phenolic OH excluding ortho intramolecular Hbond substituents is 1. The highest BCUT2D eigenvalue weighted by molar-refractivity contribution is 5.95. The van der Waals surface area contributed by atoms with E-state index in [0.29, 0.717) is 30.6 Å². The van der Waals surface area contributed by atoms with Crippen LogP contribution in [0.2, 0.25) is 0 Å². The number of nitrogens with two attached hydrogens (primary N) is 1. The minimum absolute atomic E-state index is 0.0795. The van der Waals surface area contributed by atoms with Crippen LogP contribution in [0.4, 0.5) is 5.82 Å². The molecule has 0 aliphatic carbocycles. The number of imide groups is 1. The molecule has 2 aromatic rings. The normalized spacial score (nSPS) is 18.5. The van der Waals surface area contributed by atoms with E-state index in [-0.39, 0.29) is 37.7 Å². The Balaban J connectivity index is 1.47. The molecule has 0 spiro atoms. The molecule has 3 N–H and O–H groups in total. The van der Waals surface area contributed by atoms with Gasteiger partial charge in [0.25, 0.3) is 0 Å².